The second-order valence-electron chi connectivity index (χ2n) is 3.87. The quantitative estimate of drug-likeness (QED) is 0.894. The van der Waals surface area contributed by atoms with E-state index < -0.39 is 5.82 Å². The number of carbonyl (C=O) groups is 2. The lowest BCUT2D eigenvalue weighted by atomic mass is 10.3. The number of amides is 2. The maximum absolute atomic E-state index is 13.0. The van der Waals surface area contributed by atoms with Crippen LogP contribution in [0.1, 0.15) is 6.92 Å². The molecule has 0 saturated carbocycles. The predicted molar refractivity (Wildman–Crippen MR) is 65.5 cm³/mol. The van der Waals surface area contributed by atoms with Gasteiger partial charge in [0.05, 0.1) is 11.6 Å². The number of benzene rings is 1. The summed E-state index contributed by atoms with van der Waals surface area (Å²) in [5.41, 5.74) is 1.13. The number of rotatable bonds is 2. The molecular formula is C12H10ClFN2O2. The Morgan fingerprint density at radius 1 is 1.50 bits per heavy atom. The Balaban J connectivity index is 2.11. The van der Waals surface area contributed by atoms with E-state index in [-0.39, 0.29) is 23.4 Å². The number of anilines is 1. The molecular weight excluding hydrogens is 259 g/mol. The van der Waals surface area contributed by atoms with Gasteiger partial charge >= 0.3 is 0 Å². The van der Waals surface area contributed by atoms with Gasteiger partial charge in [-0.25, -0.2) is 4.39 Å². The molecule has 0 saturated heterocycles. The van der Waals surface area contributed by atoms with Crippen LogP contribution in [0.3, 0.4) is 0 Å². The molecule has 0 atom stereocenters. The minimum atomic E-state index is -0.510. The van der Waals surface area contributed by atoms with Gasteiger partial charge in [-0.15, -0.1) is 0 Å². The zero-order chi connectivity index (χ0) is 13.3. The van der Waals surface area contributed by atoms with Crippen LogP contribution in [0.4, 0.5) is 10.1 Å². The molecule has 94 valence electrons. The van der Waals surface area contributed by atoms with Crippen LogP contribution in [0.15, 0.2) is 30.0 Å². The van der Waals surface area contributed by atoms with Gasteiger partial charge in [0.15, 0.2) is 0 Å². The first-order valence-electron chi connectivity index (χ1n) is 5.22. The largest absolute Gasteiger partial charge is 0.357 e. The van der Waals surface area contributed by atoms with E-state index in [1.165, 1.54) is 31.2 Å². The molecule has 4 nitrogen and oxygen atoms in total. The first-order chi connectivity index (χ1) is 8.47. The highest BCUT2D eigenvalue weighted by Gasteiger charge is 2.24. The molecule has 0 spiro atoms. The van der Waals surface area contributed by atoms with Crippen LogP contribution in [0, 0.1) is 5.82 Å². The Morgan fingerprint density at radius 2 is 2.22 bits per heavy atom. The van der Waals surface area contributed by atoms with Gasteiger partial charge in [0.2, 0.25) is 5.91 Å². The number of hydrogen-bond acceptors (Lipinski definition) is 3. The summed E-state index contributed by atoms with van der Waals surface area (Å²) in [6.45, 7) is 1.51. The zero-order valence-electron chi connectivity index (χ0n) is 9.54. The van der Waals surface area contributed by atoms with Gasteiger partial charge in [0.25, 0.3) is 5.91 Å². The van der Waals surface area contributed by atoms with Crippen molar-refractivity contribution in [3.63, 3.8) is 0 Å². The average Bonchev–Trinajstić information content (AvgIpc) is 2.65. The van der Waals surface area contributed by atoms with Crippen molar-refractivity contribution in [3.8, 4) is 0 Å². The third kappa shape index (κ3) is 2.51. The van der Waals surface area contributed by atoms with Crippen molar-refractivity contribution in [2.45, 2.75) is 6.92 Å². The van der Waals surface area contributed by atoms with Crippen molar-refractivity contribution in [2.75, 3.05) is 11.9 Å². The minimum absolute atomic E-state index is 0.00616. The van der Waals surface area contributed by atoms with Crippen molar-refractivity contribution in [2.24, 2.45) is 0 Å². The fraction of sp³-hybridized carbons (Fsp3) is 0.167. The Hall–Kier alpha value is -1.88. The molecule has 1 aromatic rings. The van der Waals surface area contributed by atoms with E-state index in [1.807, 2.05) is 0 Å². The predicted octanol–water partition coefficient (Wildman–Crippen LogP) is 2.16. The molecule has 1 aromatic carbocycles. The summed E-state index contributed by atoms with van der Waals surface area (Å²) < 4.78 is 13.0. The van der Waals surface area contributed by atoms with Crippen LogP contribution in [0.25, 0.3) is 0 Å². The fourth-order valence-corrected chi connectivity index (χ4v) is 1.80. The second-order valence-corrected chi connectivity index (χ2v) is 4.27. The molecule has 6 heteroatoms. The third-order valence-corrected chi connectivity index (χ3v) is 2.79. The summed E-state index contributed by atoms with van der Waals surface area (Å²) in [5, 5.41) is 2.91. The molecule has 0 aromatic heterocycles. The van der Waals surface area contributed by atoms with E-state index in [1.54, 1.807) is 0 Å². The number of halogens is 2. The number of nitrogens with zero attached hydrogens (tertiary/aromatic N) is 1. The van der Waals surface area contributed by atoms with Crippen molar-refractivity contribution < 1.29 is 14.0 Å². The molecule has 2 rings (SSSR count). The SMILES string of the molecule is CC(=O)N1CC(Nc2ccc(F)c(Cl)c2)=CC1=O. The molecule has 0 aliphatic carbocycles. The number of carbonyl (C=O) groups excluding carboxylic acids is 2. The van der Waals surface area contributed by atoms with Crippen molar-refractivity contribution in [3.05, 3.63) is 40.8 Å². The fourth-order valence-electron chi connectivity index (χ4n) is 1.62. The van der Waals surface area contributed by atoms with E-state index >= 15 is 0 Å². The summed E-state index contributed by atoms with van der Waals surface area (Å²) in [5.74, 6) is -1.19. The maximum atomic E-state index is 13.0. The van der Waals surface area contributed by atoms with Gasteiger partial charge in [0.1, 0.15) is 5.82 Å². The van der Waals surface area contributed by atoms with Crippen molar-refractivity contribution in [1.29, 1.82) is 0 Å². The molecule has 0 bridgehead atoms. The molecule has 1 aliphatic rings. The summed E-state index contributed by atoms with van der Waals surface area (Å²) in [4.78, 5) is 23.7. The minimum Gasteiger partial charge on any atom is -0.357 e. The van der Waals surface area contributed by atoms with E-state index in [2.05, 4.69) is 5.32 Å². The lowest BCUT2D eigenvalue weighted by molar-refractivity contribution is -0.138. The van der Waals surface area contributed by atoms with Crippen LogP contribution in [-0.2, 0) is 9.59 Å². The van der Waals surface area contributed by atoms with Crippen molar-refractivity contribution >= 4 is 29.1 Å². The number of nitrogens with one attached hydrogen (secondary N) is 1. The van der Waals surface area contributed by atoms with E-state index in [0.29, 0.717) is 11.4 Å². The molecule has 0 unspecified atom stereocenters. The summed E-state index contributed by atoms with van der Waals surface area (Å²) in [6.07, 6.45) is 1.33. The Labute approximate surface area is 108 Å². The lowest BCUT2D eigenvalue weighted by Crippen LogP contribution is -2.31. The first kappa shape index (κ1) is 12.6. The van der Waals surface area contributed by atoms with E-state index in [0.717, 1.165) is 4.90 Å². The average molecular weight is 269 g/mol. The normalized spacial score (nSPS) is 14.7. The van der Waals surface area contributed by atoms with Gasteiger partial charge in [-0.1, -0.05) is 11.6 Å². The van der Waals surface area contributed by atoms with Crippen LogP contribution >= 0.6 is 11.6 Å². The van der Waals surface area contributed by atoms with Gasteiger partial charge in [-0.05, 0) is 18.2 Å². The molecule has 1 N–H and O–H groups in total. The number of hydrogen-bond donors (Lipinski definition) is 1. The molecule has 1 aliphatic heterocycles. The highest BCUT2D eigenvalue weighted by atomic mass is 35.5. The monoisotopic (exact) mass is 268 g/mol. The zero-order valence-corrected chi connectivity index (χ0v) is 10.3. The Morgan fingerprint density at radius 3 is 2.78 bits per heavy atom. The summed E-state index contributed by atoms with van der Waals surface area (Å²) in [6, 6.07) is 4.15. The lowest BCUT2D eigenvalue weighted by Gasteiger charge is -2.12. The van der Waals surface area contributed by atoms with E-state index in [9.17, 15) is 14.0 Å². The number of imide groups is 1. The molecule has 0 fully saturated rings. The topological polar surface area (TPSA) is 49.4 Å². The Bertz CT molecular complexity index is 557. The van der Waals surface area contributed by atoms with Gasteiger partial charge in [-0.2, -0.15) is 0 Å². The second kappa shape index (κ2) is 4.78. The molecule has 18 heavy (non-hydrogen) atoms. The van der Waals surface area contributed by atoms with Crippen LogP contribution in [0.2, 0.25) is 5.02 Å². The van der Waals surface area contributed by atoms with Crippen LogP contribution in [0.5, 0.6) is 0 Å². The molecule has 2 amide bonds. The van der Waals surface area contributed by atoms with E-state index in [4.69, 9.17) is 11.6 Å². The van der Waals surface area contributed by atoms with Crippen LogP contribution < -0.4 is 5.32 Å². The van der Waals surface area contributed by atoms with Gasteiger partial charge in [0, 0.05) is 24.4 Å². The molecule has 0 radical (unpaired) electrons. The van der Waals surface area contributed by atoms with Gasteiger partial charge in [-0.3, -0.25) is 14.5 Å². The smallest absolute Gasteiger partial charge is 0.255 e. The van der Waals surface area contributed by atoms with Gasteiger partial charge < -0.3 is 5.32 Å². The highest BCUT2D eigenvalue weighted by molar-refractivity contribution is 6.31. The third-order valence-electron chi connectivity index (χ3n) is 2.50. The Kier molecular flexibility index (Phi) is 3.34. The maximum Gasteiger partial charge on any atom is 0.255 e. The standard InChI is InChI=1S/C12H10ClFN2O2/c1-7(17)16-6-9(5-12(16)18)15-8-2-3-11(14)10(13)4-8/h2-5,15H,6H2,1H3. The summed E-state index contributed by atoms with van der Waals surface area (Å²) >= 11 is 5.64. The van der Waals surface area contributed by atoms with Crippen LogP contribution in [-0.4, -0.2) is 23.3 Å². The van der Waals surface area contributed by atoms with Crippen molar-refractivity contribution in [1.82, 2.24) is 4.90 Å². The first-order valence-corrected chi connectivity index (χ1v) is 5.60. The molecule has 1 heterocycles. The summed E-state index contributed by atoms with van der Waals surface area (Å²) in [7, 11) is 0. The highest BCUT2D eigenvalue weighted by Crippen LogP contribution is 2.22.